The molecule has 24 heavy (non-hydrogen) atoms. The summed E-state index contributed by atoms with van der Waals surface area (Å²) in [5, 5.41) is 10.6. The molecule has 0 aliphatic rings. The van der Waals surface area contributed by atoms with Crippen molar-refractivity contribution in [3.63, 3.8) is 0 Å². The number of thiazole rings is 1. The van der Waals surface area contributed by atoms with Crippen molar-refractivity contribution >= 4 is 28.7 Å². The summed E-state index contributed by atoms with van der Waals surface area (Å²) in [5.41, 5.74) is 3.89. The molecule has 120 valence electrons. The fraction of sp³-hybridized carbons (Fsp3) is 0.176. The number of hydrogen-bond acceptors (Lipinski definition) is 6. The van der Waals surface area contributed by atoms with Gasteiger partial charge in [0, 0.05) is 18.1 Å². The van der Waals surface area contributed by atoms with E-state index in [0.29, 0.717) is 0 Å². The van der Waals surface area contributed by atoms with Gasteiger partial charge < -0.3 is 4.40 Å². The smallest absolute Gasteiger partial charge is 0.137 e. The van der Waals surface area contributed by atoms with E-state index in [2.05, 4.69) is 20.2 Å². The van der Waals surface area contributed by atoms with E-state index < -0.39 is 0 Å². The largest absolute Gasteiger partial charge is 0.307 e. The normalized spacial score (nSPS) is 11.2. The minimum absolute atomic E-state index is 0.772. The average molecular weight is 353 g/mol. The summed E-state index contributed by atoms with van der Waals surface area (Å²) in [7, 11) is 0. The highest BCUT2D eigenvalue weighted by atomic mass is 32.2. The Kier molecular flexibility index (Phi) is 4.03. The minimum atomic E-state index is 0.772. The Bertz CT molecular complexity index is 955. The zero-order valence-corrected chi connectivity index (χ0v) is 14.9. The standard InChI is InChI=1S/C17H15N5S2/c1-11-17(24-12(2)18-11)14-6-7-16(21-20-14)23-10-13-9-22-8-4-3-5-15(22)19-13/h3-9H,10H2,1-2H3. The Balaban J connectivity index is 1.48. The molecule has 4 aromatic rings. The minimum Gasteiger partial charge on any atom is -0.307 e. The molecule has 0 atom stereocenters. The van der Waals surface area contributed by atoms with Crippen molar-refractivity contribution in [2.75, 3.05) is 0 Å². The van der Waals surface area contributed by atoms with E-state index in [1.165, 1.54) is 0 Å². The Hall–Kier alpha value is -2.25. The molecule has 0 aliphatic carbocycles. The zero-order valence-electron chi connectivity index (χ0n) is 13.3. The van der Waals surface area contributed by atoms with Gasteiger partial charge in [0.15, 0.2) is 0 Å². The van der Waals surface area contributed by atoms with Gasteiger partial charge in [0.25, 0.3) is 0 Å². The maximum Gasteiger partial charge on any atom is 0.137 e. The summed E-state index contributed by atoms with van der Waals surface area (Å²) in [6.07, 6.45) is 4.05. The van der Waals surface area contributed by atoms with Gasteiger partial charge in [-0.2, -0.15) is 0 Å². The Morgan fingerprint density at radius 2 is 2.00 bits per heavy atom. The number of pyridine rings is 1. The molecule has 0 bridgehead atoms. The molecule has 0 spiro atoms. The van der Waals surface area contributed by atoms with Gasteiger partial charge in [0.05, 0.1) is 21.3 Å². The second-order valence-corrected chi connectivity index (χ2v) is 7.59. The highest BCUT2D eigenvalue weighted by molar-refractivity contribution is 7.98. The predicted octanol–water partition coefficient (Wildman–Crippen LogP) is 4.16. The Morgan fingerprint density at radius 1 is 1.08 bits per heavy atom. The van der Waals surface area contributed by atoms with Crippen LogP contribution in [0.1, 0.15) is 16.4 Å². The number of aryl methyl sites for hydroxylation is 2. The van der Waals surface area contributed by atoms with Crippen LogP contribution >= 0.6 is 23.1 Å². The average Bonchev–Trinajstić information content (AvgIpc) is 3.15. The van der Waals surface area contributed by atoms with Crippen molar-refractivity contribution in [3.8, 4) is 10.6 Å². The summed E-state index contributed by atoms with van der Waals surface area (Å²) >= 11 is 3.29. The van der Waals surface area contributed by atoms with Crippen molar-refractivity contribution in [2.24, 2.45) is 0 Å². The topological polar surface area (TPSA) is 56.0 Å². The monoisotopic (exact) mass is 353 g/mol. The number of nitrogens with zero attached hydrogens (tertiary/aromatic N) is 5. The molecular formula is C17H15N5S2. The van der Waals surface area contributed by atoms with Crippen molar-refractivity contribution in [1.29, 1.82) is 0 Å². The molecule has 0 unspecified atom stereocenters. The molecule has 4 aromatic heterocycles. The van der Waals surface area contributed by atoms with E-state index in [0.717, 1.165) is 43.4 Å². The van der Waals surface area contributed by atoms with E-state index >= 15 is 0 Å². The molecule has 0 saturated carbocycles. The lowest BCUT2D eigenvalue weighted by molar-refractivity contribution is 0.935. The number of imidazole rings is 1. The van der Waals surface area contributed by atoms with Crippen molar-refractivity contribution in [2.45, 2.75) is 24.6 Å². The summed E-state index contributed by atoms with van der Waals surface area (Å²) in [5.74, 6) is 0.772. The van der Waals surface area contributed by atoms with Gasteiger partial charge in [-0.3, -0.25) is 0 Å². The van der Waals surface area contributed by atoms with Crippen LogP contribution in [-0.4, -0.2) is 24.6 Å². The Morgan fingerprint density at radius 3 is 2.71 bits per heavy atom. The van der Waals surface area contributed by atoms with Crippen LogP contribution in [0.5, 0.6) is 0 Å². The maximum atomic E-state index is 4.59. The van der Waals surface area contributed by atoms with Crippen LogP contribution in [-0.2, 0) is 5.75 Å². The summed E-state index contributed by atoms with van der Waals surface area (Å²) < 4.78 is 2.03. The van der Waals surface area contributed by atoms with Crippen LogP contribution in [0.3, 0.4) is 0 Å². The molecular weight excluding hydrogens is 338 g/mol. The van der Waals surface area contributed by atoms with Gasteiger partial charge in [-0.25, -0.2) is 9.97 Å². The molecule has 0 N–H and O–H groups in total. The van der Waals surface area contributed by atoms with Crippen LogP contribution in [0.15, 0.2) is 47.8 Å². The fourth-order valence-corrected chi connectivity index (χ4v) is 4.07. The highest BCUT2D eigenvalue weighted by Gasteiger charge is 2.10. The summed E-state index contributed by atoms with van der Waals surface area (Å²) in [6, 6.07) is 10.0. The van der Waals surface area contributed by atoms with Gasteiger partial charge in [0.1, 0.15) is 16.4 Å². The second-order valence-electron chi connectivity index (χ2n) is 5.39. The van der Waals surface area contributed by atoms with E-state index in [9.17, 15) is 0 Å². The van der Waals surface area contributed by atoms with Crippen molar-refractivity contribution in [1.82, 2.24) is 24.6 Å². The third kappa shape index (κ3) is 3.05. The van der Waals surface area contributed by atoms with Crippen molar-refractivity contribution in [3.05, 3.63) is 59.1 Å². The van der Waals surface area contributed by atoms with Gasteiger partial charge in [-0.15, -0.1) is 21.5 Å². The zero-order chi connectivity index (χ0) is 16.5. The molecule has 0 amide bonds. The van der Waals surface area contributed by atoms with Gasteiger partial charge in [0.2, 0.25) is 0 Å². The lowest BCUT2D eigenvalue weighted by Crippen LogP contribution is -1.90. The van der Waals surface area contributed by atoms with E-state index in [1.807, 2.05) is 61.0 Å². The van der Waals surface area contributed by atoms with Crippen LogP contribution in [0.4, 0.5) is 0 Å². The van der Waals surface area contributed by atoms with E-state index in [1.54, 1.807) is 23.1 Å². The van der Waals surface area contributed by atoms with E-state index in [-0.39, 0.29) is 0 Å². The number of thioether (sulfide) groups is 1. The number of rotatable bonds is 4. The number of aromatic nitrogens is 5. The molecule has 0 fully saturated rings. The van der Waals surface area contributed by atoms with E-state index in [4.69, 9.17) is 0 Å². The number of fused-ring (bicyclic) bond motifs is 1. The molecule has 4 rings (SSSR count). The third-order valence-electron chi connectivity index (χ3n) is 3.56. The molecule has 0 saturated heterocycles. The first-order valence-electron chi connectivity index (χ1n) is 7.52. The highest BCUT2D eigenvalue weighted by Crippen LogP contribution is 2.29. The third-order valence-corrected chi connectivity index (χ3v) is 5.61. The SMILES string of the molecule is Cc1nc(C)c(-c2ccc(SCc3cn4ccccc4n3)nn2)s1. The fourth-order valence-electron chi connectivity index (χ4n) is 2.49. The lowest BCUT2D eigenvalue weighted by Gasteiger charge is -2.00. The summed E-state index contributed by atoms with van der Waals surface area (Å²) in [4.78, 5) is 10.1. The first kappa shape index (κ1) is 15.3. The molecule has 0 aromatic carbocycles. The molecule has 0 radical (unpaired) electrons. The quantitative estimate of drug-likeness (QED) is 0.516. The Labute approximate surface area is 147 Å². The molecule has 5 nitrogen and oxygen atoms in total. The van der Waals surface area contributed by atoms with Crippen LogP contribution < -0.4 is 0 Å². The maximum absolute atomic E-state index is 4.59. The van der Waals surface area contributed by atoms with Gasteiger partial charge >= 0.3 is 0 Å². The summed E-state index contributed by atoms with van der Waals surface area (Å²) in [6.45, 7) is 4.01. The number of hydrogen-bond donors (Lipinski definition) is 0. The van der Waals surface area contributed by atoms with Crippen LogP contribution in [0.25, 0.3) is 16.2 Å². The van der Waals surface area contributed by atoms with Crippen LogP contribution in [0.2, 0.25) is 0 Å². The molecule has 7 heteroatoms. The lowest BCUT2D eigenvalue weighted by atomic mass is 10.3. The van der Waals surface area contributed by atoms with Gasteiger partial charge in [-0.05, 0) is 38.1 Å². The predicted molar refractivity (Wildman–Crippen MR) is 97.4 cm³/mol. The second kappa shape index (κ2) is 6.33. The van der Waals surface area contributed by atoms with Crippen molar-refractivity contribution < 1.29 is 0 Å². The van der Waals surface area contributed by atoms with Crippen LogP contribution in [0, 0.1) is 13.8 Å². The first-order valence-corrected chi connectivity index (χ1v) is 9.33. The van der Waals surface area contributed by atoms with Gasteiger partial charge in [-0.1, -0.05) is 17.8 Å². The molecule has 4 heterocycles. The molecule has 0 aliphatic heterocycles. The first-order chi connectivity index (χ1) is 11.7.